The van der Waals surface area contributed by atoms with Gasteiger partial charge in [-0.05, 0) is 25.3 Å². The molecule has 0 aliphatic carbocycles. The van der Waals surface area contributed by atoms with Gasteiger partial charge in [0, 0.05) is 38.1 Å². The molecule has 1 aromatic heterocycles. The zero-order chi connectivity index (χ0) is 11.8. The number of aromatic nitrogens is 2. The van der Waals surface area contributed by atoms with Crippen molar-refractivity contribution in [1.82, 2.24) is 20.0 Å². The van der Waals surface area contributed by atoms with E-state index in [0.717, 1.165) is 26.1 Å². The number of rotatable bonds is 2. The summed E-state index contributed by atoms with van der Waals surface area (Å²) in [4.78, 5) is 14.5. The molecule has 0 bridgehead atoms. The molecule has 1 aromatic rings. The quantitative estimate of drug-likeness (QED) is 0.799. The summed E-state index contributed by atoms with van der Waals surface area (Å²) in [5.41, 5.74) is 0. The Morgan fingerprint density at radius 2 is 2.41 bits per heavy atom. The molecule has 3 heterocycles. The number of carbonyl (C=O) groups is 1. The lowest BCUT2D eigenvalue weighted by Gasteiger charge is -2.26. The molecule has 1 N–H and O–H groups in total. The third-order valence-electron chi connectivity index (χ3n) is 4.01. The molecular weight excluding hydrogens is 216 g/mol. The SMILES string of the molecule is CC(C(=O)N1CC[C@@H]2CNC[C@@H]21)n1cccn1. The van der Waals surface area contributed by atoms with Gasteiger partial charge in [0.1, 0.15) is 6.04 Å². The smallest absolute Gasteiger partial charge is 0.247 e. The van der Waals surface area contributed by atoms with Crippen LogP contribution >= 0.6 is 0 Å². The second kappa shape index (κ2) is 4.14. The lowest BCUT2D eigenvalue weighted by molar-refractivity contribution is -0.135. The first-order valence-electron chi connectivity index (χ1n) is 6.27. The maximum Gasteiger partial charge on any atom is 0.247 e. The summed E-state index contributed by atoms with van der Waals surface area (Å²) in [5, 5.41) is 7.51. The van der Waals surface area contributed by atoms with Crippen molar-refractivity contribution in [3.05, 3.63) is 18.5 Å². The topological polar surface area (TPSA) is 50.2 Å². The summed E-state index contributed by atoms with van der Waals surface area (Å²) in [6, 6.07) is 2.07. The van der Waals surface area contributed by atoms with Crippen LogP contribution in [-0.4, -0.2) is 46.3 Å². The Morgan fingerprint density at radius 3 is 3.18 bits per heavy atom. The normalized spacial score (nSPS) is 29.4. The minimum absolute atomic E-state index is 0.190. The van der Waals surface area contributed by atoms with E-state index in [1.165, 1.54) is 0 Å². The number of likely N-dealkylation sites (tertiary alicyclic amines) is 1. The van der Waals surface area contributed by atoms with Crippen LogP contribution in [0.15, 0.2) is 18.5 Å². The largest absolute Gasteiger partial charge is 0.336 e. The molecule has 92 valence electrons. The van der Waals surface area contributed by atoms with Crippen LogP contribution in [0.5, 0.6) is 0 Å². The van der Waals surface area contributed by atoms with Gasteiger partial charge in [-0.25, -0.2) is 0 Å². The molecule has 0 spiro atoms. The lowest BCUT2D eigenvalue weighted by atomic mass is 10.1. The molecule has 5 nitrogen and oxygen atoms in total. The highest BCUT2D eigenvalue weighted by Crippen LogP contribution is 2.28. The zero-order valence-corrected chi connectivity index (χ0v) is 10.0. The predicted molar refractivity (Wildman–Crippen MR) is 63.4 cm³/mol. The second-order valence-corrected chi connectivity index (χ2v) is 4.97. The van der Waals surface area contributed by atoms with Crippen molar-refractivity contribution in [1.29, 1.82) is 0 Å². The molecule has 2 fully saturated rings. The van der Waals surface area contributed by atoms with Crippen LogP contribution in [0.4, 0.5) is 0 Å². The van der Waals surface area contributed by atoms with E-state index < -0.39 is 0 Å². The number of hydrogen-bond acceptors (Lipinski definition) is 3. The molecule has 5 heteroatoms. The molecule has 0 radical (unpaired) electrons. The molecule has 2 aliphatic heterocycles. The van der Waals surface area contributed by atoms with Crippen LogP contribution in [0.25, 0.3) is 0 Å². The van der Waals surface area contributed by atoms with E-state index in [-0.39, 0.29) is 11.9 Å². The van der Waals surface area contributed by atoms with Crippen molar-refractivity contribution in [2.45, 2.75) is 25.4 Å². The molecule has 0 saturated carbocycles. The van der Waals surface area contributed by atoms with Crippen molar-refractivity contribution in [2.24, 2.45) is 5.92 Å². The minimum Gasteiger partial charge on any atom is -0.336 e. The summed E-state index contributed by atoms with van der Waals surface area (Å²) >= 11 is 0. The van der Waals surface area contributed by atoms with Gasteiger partial charge < -0.3 is 10.2 Å². The second-order valence-electron chi connectivity index (χ2n) is 4.97. The summed E-state index contributed by atoms with van der Waals surface area (Å²) in [5.74, 6) is 0.855. The number of hydrogen-bond donors (Lipinski definition) is 1. The Bertz CT molecular complexity index is 403. The van der Waals surface area contributed by atoms with E-state index >= 15 is 0 Å². The lowest BCUT2D eigenvalue weighted by Crippen LogP contribution is -2.42. The molecule has 3 rings (SSSR count). The van der Waals surface area contributed by atoms with Gasteiger partial charge in [-0.15, -0.1) is 0 Å². The average molecular weight is 234 g/mol. The van der Waals surface area contributed by atoms with Crippen LogP contribution in [0, 0.1) is 5.92 Å². The standard InChI is InChI=1S/C12H18N4O/c1-9(16-5-2-4-14-16)12(17)15-6-3-10-7-13-8-11(10)15/h2,4-5,9-11,13H,3,6-8H2,1H3/t9?,10-,11+/m1/s1. The van der Waals surface area contributed by atoms with Gasteiger partial charge in [-0.3, -0.25) is 9.48 Å². The highest BCUT2D eigenvalue weighted by atomic mass is 16.2. The summed E-state index contributed by atoms with van der Waals surface area (Å²) in [6.07, 6.45) is 4.70. The number of carbonyl (C=O) groups excluding carboxylic acids is 1. The van der Waals surface area contributed by atoms with E-state index in [4.69, 9.17) is 0 Å². The Morgan fingerprint density at radius 1 is 1.53 bits per heavy atom. The molecule has 2 aliphatic rings. The Labute approximate surface area is 101 Å². The Kier molecular flexibility index (Phi) is 2.63. The van der Waals surface area contributed by atoms with Gasteiger partial charge in [0.15, 0.2) is 0 Å². The van der Waals surface area contributed by atoms with Crippen molar-refractivity contribution in [3.8, 4) is 0 Å². The van der Waals surface area contributed by atoms with Crippen LogP contribution in [0.3, 0.4) is 0 Å². The average Bonchev–Trinajstić information content (AvgIpc) is 3.03. The first kappa shape index (κ1) is 10.8. The molecule has 0 aromatic carbocycles. The maximum absolute atomic E-state index is 12.4. The van der Waals surface area contributed by atoms with Crippen molar-refractivity contribution in [3.63, 3.8) is 0 Å². The van der Waals surface area contributed by atoms with Gasteiger partial charge in [0.25, 0.3) is 0 Å². The van der Waals surface area contributed by atoms with E-state index in [9.17, 15) is 4.79 Å². The van der Waals surface area contributed by atoms with Crippen molar-refractivity contribution >= 4 is 5.91 Å². The first-order valence-corrected chi connectivity index (χ1v) is 6.27. The predicted octanol–water partition coefficient (Wildman–Crippen LogP) is 0.264. The molecule has 1 amide bonds. The summed E-state index contributed by atoms with van der Waals surface area (Å²) < 4.78 is 1.73. The molecule has 17 heavy (non-hydrogen) atoms. The van der Waals surface area contributed by atoms with Crippen LogP contribution < -0.4 is 5.32 Å². The van der Waals surface area contributed by atoms with Crippen LogP contribution in [0.1, 0.15) is 19.4 Å². The van der Waals surface area contributed by atoms with Gasteiger partial charge >= 0.3 is 0 Å². The van der Waals surface area contributed by atoms with E-state index in [2.05, 4.69) is 10.4 Å². The van der Waals surface area contributed by atoms with Gasteiger partial charge in [0.2, 0.25) is 5.91 Å². The summed E-state index contributed by atoms with van der Waals surface area (Å²) in [7, 11) is 0. The number of nitrogens with zero attached hydrogens (tertiary/aromatic N) is 3. The number of nitrogens with one attached hydrogen (secondary N) is 1. The first-order chi connectivity index (χ1) is 8.27. The molecular formula is C12H18N4O. The van der Waals surface area contributed by atoms with Gasteiger partial charge in [0.05, 0.1) is 0 Å². The highest BCUT2D eigenvalue weighted by molar-refractivity contribution is 5.80. The third-order valence-corrected chi connectivity index (χ3v) is 4.01. The fourth-order valence-electron chi connectivity index (χ4n) is 2.99. The number of fused-ring (bicyclic) bond motifs is 1. The van der Waals surface area contributed by atoms with Gasteiger partial charge in [-0.2, -0.15) is 5.10 Å². The molecule has 1 unspecified atom stereocenters. The highest BCUT2D eigenvalue weighted by Gasteiger charge is 2.41. The van der Waals surface area contributed by atoms with Crippen LogP contribution in [0.2, 0.25) is 0 Å². The zero-order valence-electron chi connectivity index (χ0n) is 10.0. The molecule has 3 atom stereocenters. The van der Waals surface area contributed by atoms with Crippen molar-refractivity contribution < 1.29 is 4.79 Å². The summed E-state index contributed by atoms with van der Waals surface area (Å²) in [6.45, 7) is 4.83. The number of amides is 1. The maximum atomic E-state index is 12.4. The fraction of sp³-hybridized carbons (Fsp3) is 0.667. The Balaban J connectivity index is 1.74. The monoisotopic (exact) mass is 234 g/mol. The Hall–Kier alpha value is -1.36. The minimum atomic E-state index is -0.190. The van der Waals surface area contributed by atoms with E-state index in [0.29, 0.717) is 12.0 Å². The van der Waals surface area contributed by atoms with Gasteiger partial charge in [-0.1, -0.05) is 0 Å². The van der Waals surface area contributed by atoms with E-state index in [1.807, 2.05) is 24.1 Å². The van der Waals surface area contributed by atoms with E-state index in [1.54, 1.807) is 10.9 Å². The molecule has 2 saturated heterocycles. The van der Waals surface area contributed by atoms with Crippen molar-refractivity contribution in [2.75, 3.05) is 19.6 Å². The fourth-order valence-corrected chi connectivity index (χ4v) is 2.99. The third kappa shape index (κ3) is 1.74. The van der Waals surface area contributed by atoms with Crippen LogP contribution in [-0.2, 0) is 4.79 Å².